The minimum atomic E-state index is -0.198. The van der Waals surface area contributed by atoms with Crippen molar-refractivity contribution in [3.63, 3.8) is 0 Å². The minimum Gasteiger partial charge on any atom is -0.374 e. The Kier molecular flexibility index (Phi) is 4.47. The van der Waals surface area contributed by atoms with E-state index in [1.807, 2.05) is 26.0 Å². The van der Waals surface area contributed by atoms with Gasteiger partial charge in [0.2, 0.25) is 0 Å². The first-order chi connectivity index (χ1) is 13.0. The predicted octanol–water partition coefficient (Wildman–Crippen LogP) is 3.42. The van der Waals surface area contributed by atoms with Crippen LogP contribution in [0.3, 0.4) is 0 Å². The first-order valence-electron chi connectivity index (χ1n) is 9.13. The fraction of sp³-hybridized carbons (Fsp3) is 0.350. The second-order valence-electron chi connectivity index (χ2n) is 6.89. The average molecular weight is 382 g/mol. The van der Waals surface area contributed by atoms with Crippen molar-refractivity contribution in [3.8, 4) is 0 Å². The summed E-state index contributed by atoms with van der Waals surface area (Å²) in [6, 6.07) is 6.05. The molecular weight excluding hydrogens is 360 g/mol. The highest BCUT2D eigenvalue weighted by molar-refractivity contribution is 7.20. The van der Waals surface area contributed by atoms with Crippen LogP contribution in [0.5, 0.6) is 0 Å². The number of carbonyl (C=O) groups excluding carboxylic acids is 1. The molecule has 0 saturated carbocycles. The maximum Gasteiger partial charge on any atom is 0.266 e. The summed E-state index contributed by atoms with van der Waals surface area (Å²) >= 11 is 1.27. The van der Waals surface area contributed by atoms with Gasteiger partial charge >= 0.3 is 0 Å². The Labute approximate surface area is 161 Å². The number of hydrogen-bond acceptors (Lipinski definition) is 5. The Morgan fingerprint density at radius 3 is 2.96 bits per heavy atom. The van der Waals surface area contributed by atoms with Crippen LogP contribution in [0.15, 0.2) is 29.3 Å². The molecule has 4 rings (SSSR count). The average Bonchev–Trinajstić information content (AvgIpc) is 3.00. The lowest BCUT2D eigenvalue weighted by Gasteiger charge is -2.28. The standard InChI is InChI=1S/C20H22N4O2S/c1-4-24-11-21-19-16(20(24)26)12(2)17(27-19)18(25)22-14-8-7-13-6-5-9-23(3)15(13)10-14/h7-8,10-11H,4-6,9H2,1-3H3,(H,22,25). The van der Waals surface area contributed by atoms with Crippen molar-refractivity contribution >= 4 is 38.8 Å². The second-order valence-corrected chi connectivity index (χ2v) is 7.89. The van der Waals surface area contributed by atoms with Gasteiger partial charge in [-0.3, -0.25) is 14.2 Å². The lowest BCUT2D eigenvalue weighted by molar-refractivity contribution is 0.103. The molecular formula is C20H22N4O2S. The Morgan fingerprint density at radius 1 is 1.37 bits per heavy atom. The Bertz CT molecular complexity index is 1100. The molecule has 1 aliphatic heterocycles. The van der Waals surface area contributed by atoms with E-state index >= 15 is 0 Å². The van der Waals surface area contributed by atoms with Gasteiger partial charge in [0.25, 0.3) is 11.5 Å². The number of hydrogen-bond donors (Lipinski definition) is 1. The third-order valence-corrected chi connectivity index (χ3v) is 6.36. The molecule has 2 aromatic heterocycles. The third-order valence-electron chi connectivity index (χ3n) is 5.16. The molecule has 0 aliphatic carbocycles. The van der Waals surface area contributed by atoms with Crippen molar-refractivity contribution in [2.75, 3.05) is 23.8 Å². The van der Waals surface area contributed by atoms with Gasteiger partial charge in [0.05, 0.1) is 16.6 Å². The van der Waals surface area contributed by atoms with E-state index in [1.165, 1.54) is 22.6 Å². The number of thiophene rings is 1. The van der Waals surface area contributed by atoms with Gasteiger partial charge in [0.15, 0.2) is 0 Å². The number of benzene rings is 1. The van der Waals surface area contributed by atoms with Crippen LogP contribution >= 0.6 is 11.3 Å². The lowest BCUT2D eigenvalue weighted by atomic mass is 10.0. The van der Waals surface area contributed by atoms with Crippen molar-refractivity contribution in [2.24, 2.45) is 0 Å². The number of nitrogens with one attached hydrogen (secondary N) is 1. The minimum absolute atomic E-state index is 0.0919. The van der Waals surface area contributed by atoms with Crippen molar-refractivity contribution in [1.82, 2.24) is 9.55 Å². The van der Waals surface area contributed by atoms with Crippen LogP contribution < -0.4 is 15.8 Å². The number of aromatic nitrogens is 2. The molecule has 0 atom stereocenters. The molecule has 6 nitrogen and oxygen atoms in total. The van der Waals surface area contributed by atoms with Gasteiger partial charge in [-0.15, -0.1) is 11.3 Å². The van der Waals surface area contributed by atoms with Gasteiger partial charge in [-0.1, -0.05) is 6.07 Å². The Balaban J connectivity index is 1.68. The molecule has 1 aliphatic rings. The zero-order valence-electron chi connectivity index (χ0n) is 15.7. The first-order valence-corrected chi connectivity index (χ1v) is 9.95. The first kappa shape index (κ1) is 17.7. The number of fused-ring (bicyclic) bond motifs is 2. The molecule has 0 saturated heterocycles. The molecule has 3 heterocycles. The van der Waals surface area contributed by atoms with Gasteiger partial charge in [-0.2, -0.15) is 0 Å². The SMILES string of the molecule is CCn1cnc2sc(C(=O)Nc3ccc4c(c3)N(C)CCC4)c(C)c2c1=O. The summed E-state index contributed by atoms with van der Waals surface area (Å²) in [4.78, 5) is 33.1. The molecule has 0 unspecified atom stereocenters. The van der Waals surface area contributed by atoms with E-state index in [2.05, 4.69) is 28.3 Å². The quantitative estimate of drug-likeness (QED) is 0.754. The monoisotopic (exact) mass is 382 g/mol. The van der Waals surface area contributed by atoms with Crippen LogP contribution in [-0.4, -0.2) is 29.1 Å². The molecule has 1 N–H and O–H groups in total. The summed E-state index contributed by atoms with van der Waals surface area (Å²) in [6.07, 6.45) is 3.76. The number of rotatable bonds is 3. The van der Waals surface area contributed by atoms with Crippen molar-refractivity contribution in [1.29, 1.82) is 0 Å². The summed E-state index contributed by atoms with van der Waals surface area (Å²) in [5, 5.41) is 3.53. The van der Waals surface area contributed by atoms with Crippen LogP contribution in [0, 0.1) is 6.92 Å². The van der Waals surface area contributed by atoms with Gasteiger partial charge in [-0.25, -0.2) is 4.98 Å². The summed E-state index contributed by atoms with van der Waals surface area (Å²) in [7, 11) is 2.07. The van der Waals surface area contributed by atoms with Crippen LogP contribution in [0.4, 0.5) is 11.4 Å². The fourth-order valence-corrected chi connectivity index (χ4v) is 4.66. The molecule has 1 aromatic carbocycles. The number of nitrogens with zero attached hydrogens (tertiary/aromatic N) is 3. The highest BCUT2D eigenvalue weighted by atomic mass is 32.1. The van der Waals surface area contributed by atoms with E-state index in [0.717, 1.165) is 25.1 Å². The Hall–Kier alpha value is -2.67. The van der Waals surface area contributed by atoms with Crippen LogP contribution in [0.1, 0.15) is 34.1 Å². The highest BCUT2D eigenvalue weighted by Gasteiger charge is 2.20. The largest absolute Gasteiger partial charge is 0.374 e. The maximum atomic E-state index is 12.9. The van der Waals surface area contributed by atoms with Gasteiger partial charge < -0.3 is 10.2 Å². The number of anilines is 2. The zero-order valence-corrected chi connectivity index (χ0v) is 16.5. The number of carbonyl (C=O) groups is 1. The van der Waals surface area contributed by atoms with Crippen molar-refractivity contribution < 1.29 is 4.79 Å². The molecule has 0 radical (unpaired) electrons. The lowest BCUT2D eigenvalue weighted by Crippen LogP contribution is -2.24. The molecule has 0 spiro atoms. The van der Waals surface area contributed by atoms with Gasteiger partial charge in [0.1, 0.15) is 4.83 Å². The number of aryl methyl sites for hydroxylation is 3. The van der Waals surface area contributed by atoms with Gasteiger partial charge in [0, 0.05) is 31.5 Å². The van der Waals surface area contributed by atoms with E-state index in [-0.39, 0.29) is 11.5 Å². The second kappa shape index (κ2) is 6.81. The summed E-state index contributed by atoms with van der Waals surface area (Å²) in [5.74, 6) is -0.198. The van der Waals surface area contributed by atoms with Crippen LogP contribution in [0.2, 0.25) is 0 Å². The molecule has 0 bridgehead atoms. The van der Waals surface area contributed by atoms with E-state index in [9.17, 15) is 9.59 Å². The van der Waals surface area contributed by atoms with Crippen molar-refractivity contribution in [2.45, 2.75) is 33.2 Å². The summed E-state index contributed by atoms with van der Waals surface area (Å²) in [5.41, 5.74) is 3.85. The predicted molar refractivity (Wildman–Crippen MR) is 110 cm³/mol. The molecule has 7 heteroatoms. The van der Waals surface area contributed by atoms with Crippen molar-refractivity contribution in [3.05, 3.63) is 50.9 Å². The van der Waals surface area contributed by atoms with E-state index < -0.39 is 0 Å². The van der Waals surface area contributed by atoms with E-state index in [4.69, 9.17) is 0 Å². The molecule has 1 amide bonds. The van der Waals surface area contributed by atoms with Crippen LogP contribution in [0.25, 0.3) is 10.2 Å². The third kappa shape index (κ3) is 3.02. The summed E-state index contributed by atoms with van der Waals surface area (Å²) < 4.78 is 1.56. The maximum absolute atomic E-state index is 12.9. The topological polar surface area (TPSA) is 67.2 Å². The Morgan fingerprint density at radius 2 is 2.19 bits per heavy atom. The van der Waals surface area contributed by atoms with Gasteiger partial charge in [-0.05, 0) is 49.9 Å². The molecule has 0 fully saturated rings. The fourth-order valence-electron chi connectivity index (χ4n) is 3.62. The molecule has 27 heavy (non-hydrogen) atoms. The molecule has 3 aromatic rings. The van der Waals surface area contributed by atoms with Crippen LogP contribution in [-0.2, 0) is 13.0 Å². The summed E-state index contributed by atoms with van der Waals surface area (Å²) in [6.45, 7) is 5.30. The van der Waals surface area contributed by atoms with E-state index in [0.29, 0.717) is 27.2 Å². The molecule has 140 valence electrons. The van der Waals surface area contributed by atoms with E-state index in [1.54, 1.807) is 10.9 Å². The normalized spacial score (nSPS) is 13.7. The highest BCUT2D eigenvalue weighted by Crippen LogP contribution is 2.31. The smallest absolute Gasteiger partial charge is 0.266 e. The number of amides is 1. The zero-order chi connectivity index (χ0) is 19.1.